The van der Waals surface area contributed by atoms with E-state index in [1.165, 1.54) is 0 Å². The molecule has 0 radical (unpaired) electrons. The molecule has 0 aromatic carbocycles. The van der Waals surface area contributed by atoms with Gasteiger partial charge in [0.2, 0.25) is 5.91 Å². The van der Waals surface area contributed by atoms with Gasteiger partial charge in [0, 0.05) is 19.1 Å². The van der Waals surface area contributed by atoms with Gasteiger partial charge in [0.15, 0.2) is 0 Å². The quantitative estimate of drug-likeness (QED) is 0.708. The zero-order chi connectivity index (χ0) is 18.7. The fourth-order valence-corrected chi connectivity index (χ4v) is 4.19. The van der Waals surface area contributed by atoms with Crippen LogP contribution < -0.4 is 10.6 Å². The minimum Gasteiger partial charge on any atom is -0.352 e. The Balaban J connectivity index is 1.48. The SMILES string of the molecule is O=C(CN1C(=O)NC2(CCCCC2)C1=O)NC1CCN(CC(F)F)CC1. The Morgan fingerprint density at radius 2 is 1.85 bits per heavy atom. The van der Waals surface area contributed by atoms with Crippen molar-refractivity contribution in [3.05, 3.63) is 0 Å². The van der Waals surface area contributed by atoms with Crippen molar-refractivity contribution in [1.29, 1.82) is 0 Å². The van der Waals surface area contributed by atoms with E-state index in [9.17, 15) is 23.2 Å². The molecule has 9 heteroatoms. The van der Waals surface area contributed by atoms with E-state index in [1.54, 1.807) is 4.90 Å². The maximum absolute atomic E-state index is 12.7. The summed E-state index contributed by atoms with van der Waals surface area (Å²) in [6.07, 6.45) is 2.90. The molecule has 0 atom stereocenters. The van der Waals surface area contributed by atoms with Gasteiger partial charge in [-0.3, -0.25) is 19.4 Å². The lowest BCUT2D eigenvalue weighted by atomic mass is 9.82. The summed E-state index contributed by atoms with van der Waals surface area (Å²) in [4.78, 5) is 39.8. The minimum atomic E-state index is -2.35. The van der Waals surface area contributed by atoms with Crippen molar-refractivity contribution in [3.8, 4) is 0 Å². The molecule has 1 aliphatic carbocycles. The highest BCUT2D eigenvalue weighted by Gasteiger charge is 2.51. The normalized spacial score (nSPS) is 24.3. The number of hydrogen-bond acceptors (Lipinski definition) is 4. The number of imide groups is 1. The number of alkyl halides is 2. The molecule has 0 bridgehead atoms. The lowest BCUT2D eigenvalue weighted by molar-refractivity contribution is -0.136. The molecule has 0 unspecified atom stereocenters. The van der Waals surface area contributed by atoms with Gasteiger partial charge in [-0.1, -0.05) is 19.3 Å². The highest BCUT2D eigenvalue weighted by molar-refractivity contribution is 6.09. The molecule has 26 heavy (non-hydrogen) atoms. The molecule has 0 aromatic heterocycles. The molecule has 0 aromatic rings. The highest BCUT2D eigenvalue weighted by Crippen LogP contribution is 2.33. The van der Waals surface area contributed by atoms with E-state index in [2.05, 4.69) is 10.6 Å². The monoisotopic (exact) mass is 372 g/mol. The number of urea groups is 1. The number of carbonyl (C=O) groups is 3. The molecule has 3 fully saturated rings. The smallest absolute Gasteiger partial charge is 0.325 e. The molecule has 2 saturated heterocycles. The predicted molar refractivity (Wildman–Crippen MR) is 89.7 cm³/mol. The summed E-state index contributed by atoms with van der Waals surface area (Å²) in [5.41, 5.74) is -0.823. The number of piperidine rings is 1. The van der Waals surface area contributed by atoms with E-state index in [4.69, 9.17) is 0 Å². The Hall–Kier alpha value is -1.77. The second-order valence-electron chi connectivity index (χ2n) is 7.50. The van der Waals surface area contributed by atoms with Gasteiger partial charge in [-0.25, -0.2) is 13.6 Å². The number of nitrogens with zero attached hydrogens (tertiary/aromatic N) is 2. The number of hydrogen-bond donors (Lipinski definition) is 2. The molecule has 3 rings (SSSR count). The lowest BCUT2D eigenvalue weighted by Crippen LogP contribution is -2.50. The molecular formula is C17H26F2N4O3. The molecule has 1 saturated carbocycles. The van der Waals surface area contributed by atoms with E-state index in [0.717, 1.165) is 24.2 Å². The Kier molecular flexibility index (Phi) is 5.74. The average Bonchev–Trinajstić information content (AvgIpc) is 2.81. The summed E-state index contributed by atoms with van der Waals surface area (Å²) in [5, 5.41) is 5.61. The van der Waals surface area contributed by atoms with Gasteiger partial charge in [-0.2, -0.15) is 0 Å². The van der Waals surface area contributed by atoms with Crippen LogP contribution in [-0.4, -0.2) is 71.8 Å². The van der Waals surface area contributed by atoms with Crippen LogP contribution in [-0.2, 0) is 9.59 Å². The summed E-state index contributed by atoms with van der Waals surface area (Å²) in [6, 6.07) is -0.611. The van der Waals surface area contributed by atoms with E-state index >= 15 is 0 Å². The third-order valence-corrected chi connectivity index (χ3v) is 5.60. The van der Waals surface area contributed by atoms with Gasteiger partial charge in [0.25, 0.3) is 12.3 Å². The molecular weight excluding hydrogens is 346 g/mol. The summed E-state index contributed by atoms with van der Waals surface area (Å²) < 4.78 is 24.8. The van der Waals surface area contributed by atoms with Crippen molar-refractivity contribution in [3.63, 3.8) is 0 Å². The van der Waals surface area contributed by atoms with Crippen LogP contribution in [0.3, 0.4) is 0 Å². The van der Waals surface area contributed by atoms with Crippen LogP contribution in [0, 0.1) is 0 Å². The molecule has 3 aliphatic rings. The third-order valence-electron chi connectivity index (χ3n) is 5.60. The van der Waals surface area contributed by atoms with Crippen LogP contribution >= 0.6 is 0 Å². The van der Waals surface area contributed by atoms with Crippen molar-refractivity contribution in [1.82, 2.24) is 20.4 Å². The van der Waals surface area contributed by atoms with E-state index in [-0.39, 0.29) is 30.9 Å². The maximum Gasteiger partial charge on any atom is 0.325 e. The number of likely N-dealkylation sites (tertiary alicyclic amines) is 1. The number of carbonyl (C=O) groups excluding carboxylic acids is 3. The van der Waals surface area contributed by atoms with Gasteiger partial charge in [0.05, 0.1) is 6.54 Å². The van der Waals surface area contributed by atoms with Gasteiger partial charge in [0.1, 0.15) is 12.1 Å². The first-order valence-corrected chi connectivity index (χ1v) is 9.34. The van der Waals surface area contributed by atoms with Crippen LogP contribution in [0.4, 0.5) is 13.6 Å². The molecule has 2 N–H and O–H groups in total. The molecule has 2 aliphatic heterocycles. The molecule has 1 spiro atoms. The van der Waals surface area contributed by atoms with Crippen molar-refractivity contribution >= 4 is 17.8 Å². The fourth-order valence-electron chi connectivity index (χ4n) is 4.19. The van der Waals surface area contributed by atoms with E-state index in [0.29, 0.717) is 38.8 Å². The van der Waals surface area contributed by atoms with Crippen LogP contribution in [0.2, 0.25) is 0 Å². The first-order chi connectivity index (χ1) is 12.4. The second-order valence-corrected chi connectivity index (χ2v) is 7.50. The van der Waals surface area contributed by atoms with Crippen molar-refractivity contribution < 1.29 is 23.2 Å². The van der Waals surface area contributed by atoms with Gasteiger partial charge < -0.3 is 10.6 Å². The number of amides is 4. The van der Waals surface area contributed by atoms with Crippen LogP contribution in [0.5, 0.6) is 0 Å². The molecule has 4 amide bonds. The van der Waals surface area contributed by atoms with Crippen LogP contribution in [0.1, 0.15) is 44.9 Å². The summed E-state index contributed by atoms with van der Waals surface area (Å²) in [7, 11) is 0. The largest absolute Gasteiger partial charge is 0.352 e. The zero-order valence-corrected chi connectivity index (χ0v) is 14.8. The third kappa shape index (κ3) is 4.13. The van der Waals surface area contributed by atoms with Crippen LogP contribution in [0.15, 0.2) is 0 Å². The fraction of sp³-hybridized carbons (Fsp3) is 0.824. The maximum atomic E-state index is 12.7. The van der Waals surface area contributed by atoms with Gasteiger partial charge in [-0.15, -0.1) is 0 Å². The first kappa shape index (κ1) is 19.0. The molecule has 2 heterocycles. The molecule has 7 nitrogen and oxygen atoms in total. The Morgan fingerprint density at radius 1 is 1.19 bits per heavy atom. The number of halogens is 2. The van der Waals surface area contributed by atoms with E-state index < -0.39 is 18.0 Å². The second kappa shape index (κ2) is 7.85. The van der Waals surface area contributed by atoms with Crippen molar-refractivity contribution in [2.24, 2.45) is 0 Å². The lowest BCUT2D eigenvalue weighted by Gasteiger charge is -2.32. The van der Waals surface area contributed by atoms with Crippen molar-refractivity contribution in [2.45, 2.75) is 63.0 Å². The van der Waals surface area contributed by atoms with E-state index in [1.807, 2.05) is 0 Å². The zero-order valence-electron chi connectivity index (χ0n) is 14.8. The standard InChI is InChI=1S/C17H26F2N4O3/c18-13(19)10-22-8-4-12(5-9-22)20-14(24)11-23-15(25)17(21-16(23)26)6-2-1-3-7-17/h12-13H,1-11H2,(H,20,24)(H,21,26). The minimum absolute atomic E-state index is 0.110. The van der Waals surface area contributed by atoms with Gasteiger partial charge >= 0.3 is 6.03 Å². The predicted octanol–water partition coefficient (Wildman–Crippen LogP) is 1.09. The molecule has 146 valence electrons. The summed E-state index contributed by atoms with van der Waals surface area (Å²) in [5.74, 6) is -0.683. The first-order valence-electron chi connectivity index (χ1n) is 9.34. The Morgan fingerprint density at radius 3 is 2.46 bits per heavy atom. The Labute approximate surface area is 151 Å². The Bertz CT molecular complexity index is 558. The van der Waals surface area contributed by atoms with Crippen molar-refractivity contribution in [2.75, 3.05) is 26.2 Å². The summed E-state index contributed by atoms with van der Waals surface area (Å²) >= 11 is 0. The van der Waals surface area contributed by atoms with Gasteiger partial charge in [-0.05, 0) is 25.7 Å². The summed E-state index contributed by atoms with van der Waals surface area (Å²) in [6.45, 7) is 0.470. The van der Waals surface area contributed by atoms with Crippen LogP contribution in [0.25, 0.3) is 0 Å². The topological polar surface area (TPSA) is 81.8 Å². The average molecular weight is 372 g/mol. The number of rotatable bonds is 5. The number of nitrogens with one attached hydrogen (secondary N) is 2. The highest BCUT2D eigenvalue weighted by atomic mass is 19.3.